The van der Waals surface area contributed by atoms with Gasteiger partial charge < -0.3 is 14.0 Å². The van der Waals surface area contributed by atoms with E-state index in [4.69, 9.17) is 18.8 Å². The van der Waals surface area contributed by atoms with E-state index in [1.54, 1.807) is 6.55 Å². The molecule has 0 radical (unpaired) electrons. The van der Waals surface area contributed by atoms with Crippen molar-refractivity contribution in [1.82, 2.24) is 5.06 Å². The minimum atomic E-state index is -2.33. The number of rotatable bonds is 5. The number of hydrogen-bond acceptors (Lipinski definition) is 4. The quantitative estimate of drug-likeness (QED) is 0.525. The van der Waals surface area contributed by atoms with E-state index in [-0.39, 0.29) is 6.23 Å². The molecule has 0 fully saturated rings. The van der Waals surface area contributed by atoms with Crippen LogP contribution in [0.15, 0.2) is 0 Å². The van der Waals surface area contributed by atoms with Gasteiger partial charge in [0.25, 0.3) is 0 Å². The summed E-state index contributed by atoms with van der Waals surface area (Å²) in [5.41, 5.74) is 0. The molecule has 0 aromatic heterocycles. The molecule has 0 aliphatic heterocycles. The molecule has 7 heteroatoms. The Bertz CT molecular complexity index is 172. The molecule has 1 amide bonds. The zero-order chi connectivity index (χ0) is 10.5. The molecule has 6 nitrogen and oxygen atoms in total. The number of nitrogens with zero attached hydrogens (tertiary/aromatic N) is 1. The third kappa shape index (κ3) is 4.22. The highest BCUT2D eigenvalue weighted by atomic mass is 28.4. The Balaban J connectivity index is 3.92. The number of hydrogen-bond donors (Lipinski definition) is 1. The molecule has 0 aromatic carbocycles. The molecule has 13 heavy (non-hydrogen) atoms. The Hall–Kier alpha value is -0.633. The predicted octanol–water partition coefficient (Wildman–Crippen LogP) is 0.432. The van der Waals surface area contributed by atoms with Gasteiger partial charge >= 0.3 is 14.7 Å². The second kappa shape index (κ2) is 5.17. The van der Waals surface area contributed by atoms with Gasteiger partial charge in [0.1, 0.15) is 6.23 Å². The van der Waals surface area contributed by atoms with E-state index < -0.39 is 14.7 Å². The molecular weight excluding hydrogens is 194 g/mol. The fourth-order valence-corrected chi connectivity index (χ4v) is 1.30. The predicted molar refractivity (Wildman–Crippen MR) is 47.4 cm³/mol. The summed E-state index contributed by atoms with van der Waals surface area (Å²) >= 11 is 0. The first-order valence-electron chi connectivity index (χ1n) is 3.65. The molecule has 0 aliphatic rings. The van der Waals surface area contributed by atoms with Crippen LogP contribution in [0.1, 0.15) is 0 Å². The lowest BCUT2D eigenvalue weighted by molar-refractivity contribution is -0.102. The average Bonchev–Trinajstić information content (AvgIpc) is 2.13. The Kier molecular flexibility index (Phi) is 4.92. The van der Waals surface area contributed by atoms with Gasteiger partial charge in [-0.2, -0.15) is 5.06 Å². The Labute approximate surface area is 78.2 Å². The van der Waals surface area contributed by atoms with Gasteiger partial charge in [-0.3, -0.25) is 4.84 Å². The van der Waals surface area contributed by atoms with Crippen LogP contribution < -0.4 is 0 Å². The molecule has 0 aromatic rings. The van der Waals surface area contributed by atoms with Gasteiger partial charge in [-0.15, -0.1) is 0 Å². The maximum atomic E-state index is 10.3. The molecule has 1 N–H and O–H groups in total. The standard InChI is InChI=1S/C6H15NO5Si/c1-7(6(8)9)12-5-13(4,10-2)11-3/h5H2,1-4H3,(H,8,9). The lowest BCUT2D eigenvalue weighted by Crippen LogP contribution is -2.44. The summed E-state index contributed by atoms with van der Waals surface area (Å²) in [5.74, 6) is 0. The Morgan fingerprint density at radius 3 is 2.23 bits per heavy atom. The van der Waals surface area contributed by atoms with E-state index in [2.05, 4.69) is 0 Å². The molecule has 0 saturated heterocycles. The minimum absolute atomic E-state index is 0.142. The van der Waals surface area contributed by atoms with Crippen molar-refractivity contribution in [1.29, 1.82) is 0 Å². The maximum absolute atomic E-state index is 10.3. The van der Waals surface area contributed by atoms with Crippen LogP contribution in [0, 0.1) is 0 Å². The van der Waals surface area contributed by atoms with Crippen molar-refractivity contribution in [3.05, 3.63) is 0 Å². The highest BCUT2D eigenvalue weighted by Crippen LogP contribution is 2.05. The average molecular weight is 209 g/mol. The molecule has 0 rings (SSSR count). The second-order valence-corrected chi connectivity index (χ2v) is 5.97. The summed E-state index contributed by atoms with van der Waals surface area (Å²) in [5, 5.41) is 9.18. The van der Waals surface area contributed by atoms with E-state index in [0.717, 1.165) is 5.06 Å². The summed E-state index contributed by atoms with van der Waals surface area (Å²) in [4.78, 5) is 15.2. The van der Waals surface area contributed by atoms with Gasteiger partial charge in [-0.1, -0.05) is 0 Å². The van der Waals surface area contributed by atoms with Gasteiger partial charge in [0.15, 0.2) is 0 Å². The van der Waals surface area contributed by atoms with Crippen molar-refractivity contribution >= 4 is 14.7 Å². The van der Waals surface area contributed by atoms with Crippen LogP contribution in [0.5, 0.6) is 0 Å². The maximum Gasteiger partial charge on any atom is 0.431 e. The summed E-state index contributed by atoms with van der Waals surface area (Å²) in [7, 11) is 2.00. The highest BCUT2D eigenvalue weighted by molar-refractivity contribution is 6.65. The summed E-state index contributed by atoms with van der Waals surface area (Å²) in [6.45, 7) is 1.78. The monoisotopic (exact) mass is 209 g/mol. The molecule has 0 atom stereocenters. The normalized spacial score (nSPS) is 11.4. The van der Waals surface area contributed by atoms with Gasteiger partial charge in [-0.05, 0) is 6.55 Å². The first-order chi connectivity index (χ1) is 5.95. The zero-order valence-corrected chi connectivity index (χ0v) is 9.23. The van der Waals surface area contributed by atoms with Crippen LogP contribution in [0.2, 0.25) is 6.55 Å². The van der Waals surface area contributed by atoms with E-state index in [1.807, 2.05) is 0 Å². The van der Waals surface area contributed by atoms with Crippen molar-refractivity contribution in [2.45, 2.75) is 6.55 Å². The van der Waals surface area contributed by atoms with Crippen molar-refractivity contribution in [2.24, 2.45) is 0 Å². The molecular formula is C6H15NO5Si. The molecule has 78 valence electrons. The fourth-order valence-electron chi connectivity index (χ4n) is 0.470. The van der Waals surface area contributed by atoms with Crippen LogP contribution in [0.4, 0.5) is 4.79 Å². The van der Waals surface area contributed by atoms with Crippen LogP contribution in [0.3, 0.4) is 0 Å². The van der Waals surface area contributed by atoms with Crippen LogP contribution in [-0.4, -0.2) is 52.3 Å². The third-order valence-electron chi connectivity index (χ3n) is 1.65. The van der Waals surface area contributed by atoms with Crippen LogP contribution >= 0.6 is 0 Å². The van der Waals surface area contributed by atoms with E-state index >= 15 is 0 Å². The largest absolute Gasteiger partial charge is 0.463 e. The summed E-state index contributed by atoms with van der Waals surface area (Å²) in [6.07, 6.45) is -1.01. The van der Waals surface area contributed by atoms with Crippen molar-refractivity contribution in [2.75, 3.05) is 27.5 Å². The number of carbonyl (C=O) groups is 1. The van der Waals surface area contributed by atoms with Crippen molar-refractivity contribution in [3.8, 4) is 0 Å². The van der Waals surface area contributed by atoms with Crippen molar-refractivity contribution in [3.63, 3.8) is 0 Å². The van der Waals surface area contributed by atoms with E-state index in [1.165, 1.54) is 21.3 Å². The molecule has 0 aliphatic carbocycles. The second-order valence-electron chi connectivity index (χ2n) is 2.60. The van der Waals surface area contributed by atoms with E-state index in [9.17, 15) is 4.79 Å². The number of hydroxylamine groups is 2. The lowest BCUT2D eigenvalue weighted by atomic mass is 11.1. The zero-order valence-electron chi connectivity index (χ0n) is 8.23. The van der Waals surface area contributed by atoms with Gasteiger partial charge in [-0.25, -0.2) is 4.79 Å². The Morgan fingerprint density at radius 1 is 1.46 bits per heavy atom. The highest BCUT2D eigenvalue weighted by Gasteiger charge is 2.30. The smallest absolute Gasteiger partial charge is 0.431 e. The fraction of sp³-hybridized carbons (Fsp3) is 0.833. The topological polar surface area (TPSA) is 68.2 Å². The first kappa shape index (κ1) is 12.4. The number of carboxylic acid groups (broad SMARTS) is 1. The third-order valence-corrected chi connectivity index (χ3v) is 4.03. The molecule has 0 unspecified atom stereocenters. The van der Waals surface area contributed by atoms with Gasteiger partial charge in [0, 0.05) is 21.3 Å². The number of amides is 1. The van der Waals surface area contributed by atoms with Crippen molar-refractivity contribution < 1.29 is 23.6 Å². The molecule has 0 spiro atoms. The summed E-state index contributed by atoms with van der Waals surface area (Å²) < 4.78 is 10.2. The first-order valence-corrected chi connectivity index (χ1v) is 6.17. The SMILES string of the molecule is CO[Si](C)(CON(C)C(=O)O)OC. The molecule has 0 saturated carbocycles. The Morgan fingerprint density at radius 2 is 1.92 bits per heavy atom. The van der Waals surface area contributed by atoms with Gasteiger partial charge in [0.2, 0.25) is 0 Å². The summed E-state index contributed by atoms with van der Waals surface area (Å²) in [6, 6.07) is 0. The lowest BCUT2D eigenvalue weighted by Gasteiger charge is -2.24. The van der Waals surface area contributed by atoms with Crippen LogP contribution in [-0.2, 0) is 13.7 Å². The van der Waals surface area contributed by atoms with E-state index in [0.29, 0.717) is 0 Å². The molecule has 0 bridgehead atoms. The van der Waals surface area contributed by atoms with Crippen LogP contribution in [0.25, 0.3) is 0 Å². The molecule has 0 heterocycles. The van der Waals surface area contributed by atoms with Gasteiger partial charge in [0.05, 0.1) is 0 Å². The minimum Gasteiger partial charge on any atom is -0.463 e.